The number of hydrogen-bond donors (Lipinski definition) is 2. The molecule has 21 heavy (non-hydrogen) atoms. The van der Waals surface area contributed by atoms with E-state index < -0.39 is 11.6 Å². The minimum atomic E-state index is -0.851. The number of likely N-dealkylation sites (tertiary alicyclic amines) is 1. The molecule has 2 rings (SSSR count). The highest BCUT2D eigenvalue weighted by atomic mass is 16.5. The Balaban J connectivity index is 1.81. The number of carbonyl (C=O) groups excluding carboxylic acids is 1. The highest BCUT2D eigenvalue weighted by Crippen LogP contribution is 2.35. The summed E-state index contributed by atoms with van der Waals surface area (Å²) in [6, 6.07) is 9.65. The van der Waals surface area contributed by atoms with Gasteiger partial charge in [-0.2, -0.15) is 0 Å². The standard InChI is InChI=1S/C15H20N2O4/c1-21-15(12-6-3-2-4-7-12)10-17(11-15)14(20)16-9-5-8-13(18)19/h2-4,6-7H,5,8-11H2,1H3,(H,16,20)(H,18,19). The second-order valence-electron chi connectivity index (χ2n) is 5.15. The zero-order valence-corrected chi connectivity index (χ0v) is 12.0. The number of nitrogens with zero attached hydrogens (tertiary/aromatic N) is 1. The van der Waals surface area contributed by atoms with E-state index in [1.54, 1.807) is 12.0 Å². The minimum Gasteiger partial charge on any atom is -0.481 e. The third kappa shape index (κ3) is 3.52. The van der Waals surface area contributed by atoms with E-state index >= 15 is 0 Å². The molecule has 6 heteroatoms. The first-order valence-electron chi connectivity index (χ1n) is 6.93. The molecule has 114 valence electrons. The van der Waals surface area contributed by atoms with Gasteiger partial charge in [-0.15, -0.1) is 0 Å². The van der Waals surface area contributed by atoms with Crippen LogP contribution < -0.4 is 5.32 Å². The molecule has 6 nitrogen and oxygen atoms in total. The maximum Gasteiger partial charge on any atom is 0.317 e. The van der Waals surface area contributed by atoms with Crippen molar-refractivity contribution in [3.05, 3.63) is 35.9 Å². The number of nitrogens with one attached hydrogen (secondary N) is 1. The first-order chi connectivity index (χ1) is 10.1. The molecule has 2 amide bonds. The van der Waals surface area contributed by atoms with Crippen LogP contribution in [0.3, 0.4) is 0 Å². The van der Waals surface area contributed by atoms with Crippen molar-refractivity contribution in [2.75, 3.05) is 26.7 Å². The first kappa shape index (κ1) is 15.3. The Morgan fingerprint density at radius 2 is 2.00 bits per heavy atom. The van der Waals surface area contributed by atoms with E-state index in [2.05, 4.69) is 5.32 Å². The van der Waals surface area contributed by atoms with E-state index in [0.717, 1.165) is 5.56 Å². The van der Waals surface area contributed by atoms with Gasteiger partial charge in [0.2, 0.25) is 0 Å². The molecule has 1 aliphatic rings. The van der Waals surface area contributed by atoms with Crippen molar-refractivity contribution in [3.63, 3.8) is 0 Å². The fraction of sp³-hybridized carbons (Fsp3) is 0.467. The molecule has 0 atom stereocenters. The van der Waals surface area contributed by atoms with Crippen LogP contribution >= 0.6 is 0 Å². The molecule has 1 aliphatic heterocycles. The normalized spacial score (nSPS) is 16.1. The van der Waals surface area contributed by atoms with Crippen molar-refractivity contribution >= 4 is 12.0 Å². The maximum absolute atomic E-state index is 11.9. The number of hydrogen-bond acceptors (Lipinski definition) is 3. The Labute approximate surface area is 123 Å². The predicted octanol–water partition coefficient (Wildman–Crippen LogP) is 1.42. The summed E-state index contributed by atoms with van der Waals surface area (Å²) in [5.74, 6) is -0.851. The summed E-state index contributed by atoms with van der Waals surface area (Å²) in [6.07, 6.45) is 0.495. The van der Waals surface area contributed by atoms with Crippen LogP contribution in [0.25, 0.3) is 0 Å². The Kier molecular flexibility index (Phi) is 4.80. The molecule has 0 aliphatic carbocycles. The predicted molar refractivity (Wildman–Crippen MR) is 77.0 cm³/mol. The van der Waals surface area contributed by atoms with Gasteiger partial charge in [0.25, 0.3) is 0 Å². The number of carboxylic acids is 1. The Hall–Kier alpha value is -2.08. The smallest absolute Gasteiger partial charge is 0.317 e. The van der Waals surface area contributed by atoms with Crippen molar-refractivity contribution in [2.24, 2.45) is 0 Å². The molecular weight excluding hydrogens is 272 g/mol. The Morgan fingerprint density at radius 1 is 1.33 bits per heavy atom. The number of benzene rings is 1. The third-order valence-corrected chi connectivity index (χ3v) is 3.71. The average Bonchev–Trinajstić information content (AvgIpc) is 2.44. The topological polar surface area (TPSA) is 78.9 Å². The summed E-state index contributed by atoms with van der Waals surface area (Å²) in [5, 5.41) is 11.3. The van der Waals surface area contributed by atoms with Gasteiger partial charge in [0.15, 0.2) is 0 Å². The number of amides is 2. The van der Waals surface area contributed by atoms with Crippen molar-refractivity contribution in [3.8, 4) is 0 Å². The molecule has 1 fully saturated rings. The quantitative estimate of drug-likeness (QED) is 0.777. The van der Waals surface area contributed by atoms with Gasteiger partial charge in [0.1, 0.15) is 5.60 Å². The summed E-state index contributed by atoms with van der Waals surface area (Å²) in [6.45, 7) is 1.36. The Morgan fingerprint density at radius 3 is 2.57 bits per heavy atom. The number of aliphatic carboxylic acids is 1. The largest absolute Gasteiger partial charge is 0.481 e. The fourth-order valence-corrected chi connectivity index (χ4v) is 2.43. The molecule has 1 aromatic carbocycles. The number of ether oxygens (including phenoxy) is 1. The van der Waals surface area contributed by atoms with Gasteiger partial charge >= 0.3 is 12.0 Å². The van der Waals surface area contributed by atoms with E-state index in [1.165, 1.54) is 0 Å². The van der Waals surface area contributed by atoms with Gasteiger partial charge in [0.05, 0.1) is 13.1 Å². The van der Waals surface area contributed by atoms with Gasteiger partial charge in [0, 0.05) is 20.1 Å². The number of carbonyl (C=O) groups is 2. The van der Waals surface area contributed by atoms with Crippen LogP contribution in [0.1, 0.15) is 18.4 Å². The van der Waals surface area contributed by atoms with Crippen LogP contribution in [-0.2, 0) is 15.1 Å². The zero-order chi connectivity index (χ0) is 15.3. The van der Waals surface area contributed by atoms with Crippen LogP contribution in [-0.4, -0.2) is 48.8 Å². The number of methoxy groups -OCH3 is 1. The van der Waals surface area contributed by atoms with Gasteiger partial charge in [-0.25, -0.2) is 4.79 Å². The van der Waals surface area contributed by atoms with Gasteiger partial charge < -0.3 is 20.1 Å². The molecule has 0 spiro atoms. The van der Waals surface area contributed by atoms with Gasteiger partial charge in [-0.1, -0.05) is 30.3 Å². The molecule has 0 unspecified atom stereocenters. The highest BCUT2D eigenvalue weighted by molar-refractivity contribution is 5.75. The summed E-state index contributed by atoms with van der Waals surface area (Å²) in [7, 11) is 1.65. The lowest BCUT2D eigenvalue weighted by molar-refractivity contribution is -0.137. The van der Waals surface area contributed by atoms with Crippen molar-refractivity contribution in [1.29, 1.82) is 0 Å². The van der Waals surface area contributed by atoms with Crippen LogP contribution in [0.2, 0.25) is 0 Å². The molecular formula is C15H20N2O4. The molecule has 0 aromatic heterocycles. The lowest BCUT2D eigenvalue weighted by Crippen LogP contribution is -2.64. The van der Waals surface area contributed by atoms with E-state index in [9.17, 15) is 9.59 Å². The molecule has 1 aromatic rings. The maximum atomic E-state index is 11.9. The van der Waals surface area contributed by atoms with E-state index in [1.807, 2.05) is 30.3 Å². The molecule has 2 N–H and O–H groups in total. The van der Waals surface area contributed by atoms with Crippen molar-refractivity contribution in [1.82, 2.24) is 10.2 Å². The van der Waals surface area contributed by atoms with Gasteiger partial charge in [-0.3, -0.25) is 4.79 Å². The van der Waals surface area contributed by atoms with Gasteiger partial charge in [-0.05, 0) is 12.0 Å². The summed E-state index contributed by atoms with van der Waals surface area (Å²) in [4.78, 5) is 24.0. The number of urea groups is 1. The van der Waals surface area contributed by atoms with Crippen molar-refractivity contribution in [2.45, 2.75) is 18.4 Å². The van der Waals surface area contributed by atoms with E-state index in [-0.39, 0.29) is 12.5 Å². The molecule has 0 saturated carbocycles. The minimum absolute atomic E-state index is 0.0618. The van der Waals surface area contributed by atoms with E-state index in [4.69, 9.17) is 9.84 Å². The SMILES string of the molecule is COC1(c2ccccc2)CN(C(=O)NCCCC(=O)O)C1. The third-order valence-electron chi connectivity index (χ3n) is 3.71. The molecule has 0 radical (unpaired) electrons. The lowest BCUT2D eigenvalue weighted by Gasteiger charge is -2.49. The fourth-order valence-electron chi connectivity index (χ4n) is 2.43. The monoisotopic (exact) mass is 292 g/mol. The summed E-state index contributed by atoms with van der Waals surface area (Å²) >= 11 is 0. The summed E-state index contributed by atoms with van der Waals surface area (Å²) in [5.41, 5.74) is 0.627. The number of rotatable bonds is 6. The van der Waals surface area contributed by atoms with Crippen LogP contribution in [0.4, 0.5) is 4.79 Å². The summed E-state index contributed by atoms with van der Waals surface area (Å²) < 4.78 is 5.60. The van der Waals surface area contributed by atoms with Crippen LogP contribution in [0, 0.1) is 0 Å². The van der Waals surface area contributed by atoms with Crippen molar-refractivity contribution < 1.29 is 19.4 Å². The zero-order valence-electron chi connectivity index (χ0n) is 12.0. The molecule has 1 heterocycles. The first-order valence-corrected chi connectivity index (χ1v) is 6.93. The lowest BCUT2D eigenvalue weighted by atomic mass is 9.86. The average molecular weight is 292 g/mol. The number of carboxylic acid groups (broad SMARTS) is 1. The highest BCUT2D eigenvalue weighted by Gasteiger charge is 2.46. The molecule has 0 bridgehead atoms. The Bertz CT molecular complexity index is 498. The second kappa shape index (κ2) is 6.58. The van der Waals surface area contributed by atoms with E-state index in [0.29, 0.717) is 26.1 Å². The molecule has 1 saturated heterocycles. The van der Waals surface area contributed by atoms with Crippen LogP contribution in [0.15, 0.2) is 30.3 Å². The second-order valence-corrected chi connectivity index (χ2v) is 5.15. The van der Waals surface area contributed by atoms with Crippen LogP contribution in [0.5, 0.6) is 0 Å².